The molecule has 0 spiro atoms. The first-order valence-corrected chi connectivity index (χ1v) is 9.57. The Morgan fingerprint density at radius 3 is 2.28 bits per heavy atom. The third kappa shape index (κ3) is 4.14. The van der Waals surface area contributed by atoms with Gasteiger partial charge in [-0.15, -0.1) is 0 Å². The number of carbonyl (C=O) groups excluding carboxylic acids is 2. The van der Waals surface area contributed by atoms with Gasteiger partial charge in [0.1, 0.15) is 0 Å². The lowest BCUT2D eigenvalue weighted by Gasteiger charge is -2.11. The Morgan fingerprint density at radius 2 is 1.52 bits per heavy atom. The number of amides is 2. The fourth-order valence-electron chi connectivity index (χ4n) is 2.89. The van der Waals surface area contributed by atoms with Gasteiger partial charge in [0.05, 0.1) is 16.8 Å². The van der Waals surface area contributed by atoms with Crippen molar-refractivity contribution in [2.24, 2.45) is 0 Å². The van der Waals surface area contributed by atoms with Gasteiger partial charge < -0.3 is 0 Å². The van der Waals surface area contributed by atoms with Crippen molar-refractivity contribution in [3.05, 3.63) is 94.7 Å². The van der Waals surface area contributed by atoms with E-state index in [1.54, 1.807) is 18.2 Å². The van der Waals surface area contributed by atoms with Crippen LogP contribution in [0.3, 0.4) is 0 Å². The highest BCUT2D eigenvalue weighted by atomic mass is 79.9. The monoisotopic (exact) mass is 446 g/mol. The first-order valence-electron chi connectivity index (χ1n) is 8.78. The van der Waals surface area contributed by atoms with Gasteiger partial charge >= 0.3 is 0 Å². The lowest BCUT2D eigenvalue weighted by atomic mass is 10.0. The SMILES string of the molecule is O=C(NNC(=O)c1cc(-c2ccc(Br)cc2)nc2ccccc12)c1ccncc1. The molecule has 4 rings (SSSR count). The number of carbonyl (C=O) groups is 2. The van der Waals surface area contributed by atoms with Crippen LogP contribution >= 0.6 is 15.9 Å². The maximum Gasteiger partial charge on any atom is 0.270 e. The standard InChI is InChI=1S/C22H15BrN4O2/c23-16-7-5-14(6-8-16)20-13-18(17-3-1-2-4-19(17)25-20)22(29)27-26-21(28)15-9-11-24-12-10-15/h1-13H,(H,26,28)(H,27,29). The molecule has 2 amide bonds. The zero-order valence-corrected chi connectivity index (χ0v) is 16.7. The van der Waals surface area contributed by atoms with Gasteiger partial charge in [-0.2, -0.15) is 0 Å². The van der Waals surface area contributed by atoms with Crippen LogP contribution in [0.5, 0.6) is 0 Å². The Kier molecular flexibility index (Phi) is 5.31. The molecule has 2 aromatic heterocycles. The molecule has 0 aliphatic rings. The Hall–Kier alpha value is -3.58. The van der Waals surface area contributed by atoms with Crippen molar-refractivity contribution in [1.29, 1.82) is 0 Å². The number of halogens is 1. The zero-order valence-electron chi connectivity index (χ0n) is 15.1. The average Bonchev–Trinajstić information content (AvgIpc) is 2.77. The van der Waals surface area contributed by atoms with E-state index in [-0.39, 0.29) is 0 Å². The summed E-state index contributed by atoms with van der Waals surface area (Å²) in [5.41, 5.74) is 7.98. The second kappa shape index (κ2) is 8.20. The molecule has 2 heterocycles. The number of fused-ring (bicyclic) bond motifs is 1. The molecular weight excluding hydrogens is 432 g/mol. The minimum atomic E-state index is -0.427. The number of aromatic nitrogens is 2. The smallest absolute Gasteiger partial charge is 0.267 e. The van der Waals surface area contributed by atoms with Crippen molar-refractivity contribution in [2.45, 2.75) is 0 Å². The zero-order chi connectivity index (χ0) is 20.2. The van der Waals surface area contributed by atoms with E-state index in [1.807, 2.05) is 48.5 Å². The molecule has 0 atom stereocenters. The number of hydrogen-bond donors (Lipinski definition) is 2. The molecule has 0 saturated carbocycles. The third-order valence-electron chi connectivity index (χ3n) is 4.33. The summed E-state index contributed by atoms with van der Waals surface area (Å²) in [6.45, 7) is 0. The molecule has 29 heavy (non-hydrogen) atoms. The van der Waals surface area contributed by atoms with Gasteiger partial charge in [-0.25, -0.2) is 4.98 Å². The number of hydrogen-bond acceptors (Lipinski definition) is 4. The molecule has 7 heteroatoms. The number of pyridine rings is 2. The Balaban J connectivity index is 1.65. The molecule has 0 aliphatic carbocycles. The summed E-state index contributed by atoms with van der Waals surface area (Å²) >= 11 is 3.42. The van der Waals surface area contributed by atoms with Crippen LogP contribution < -0.4 is 10.9 Å². The highest BCUT2D eigenvalue weighted by molar-refractivity contribution is 9.10. The Morgan fingerprint density at radius 1 is 0.828 bits per heavy atom. The van der Waals surface area contributed by atoms with Crippen molar-refractivity contribution in [1.82, 2.24) is 20.8 Å². The number of para-hydroxylation sites is 1. The lowest BCUT2D eigenvalue weighted by Crippen LogP contribution is -2.41. The third-order valence-corrected chi connectivity index (χ3v) is 4.86. The summed E-state index contributed by atoms with van der Waals surface area (Å²) in [6.07, 6.45) is 3.02. The Labute approximate surface area is 175 Å². The summed E-state index contributed by atoms with van der Waals surface area (Å²) in [5.74, 6) is -0.850. The van der Waals surface area contributed by atoms with Gasteiger partial charge in [0, 0.05) is 33.4 Å². The van der Waals surface area contributed by atoms with Crippen LogP contribution in [0.2, 0.25) is 0 Å². The van der Waals surface area contributed by atoms with Crippen LogP contribution in [0.25, 0.3) is 22.2 Å². The summed E-state index contributed by atoms with van der Waals surface area (Å²) < 4.78 is 0.957. The molecule has 2 N–H and O–H groups in total. The maximum atomic E-state index is 12.9. The largest absolute Gasteiger partial charge is 0.270 e. The summed E-state index contributed by atoms with van der Waals surface area (Å²) in [6, 6.07) is 19.9. The van der Waals surface area contributed by atoms with E-state index in [0.29, 0.717) is 27.7 Å². The van der Waals surface area contributed by atoms with Crippen molar-refractivity contribution < 1.29 is 9.59 Å². The number of benzene rings is 2. The van der Waals surface area contributed by atoms with E-state index in [1.165, 1.54) is 12.4 Å². The minimum Gasteiger partial charge on any atom is -0.267 e. The summed E-state index contributed by atoms with van der Waals surface area (Å²) in [5, 5.41) is 0.698. The lowest BCUT2D eigenvalue weighted by molar-refractivity contribution is 0.0847. The minimum absolute atomic E-state index is 0.399. The normalized spacial score (nSPS) is 10.5. The van der Waals surface area contributed by atoms with E-state index in [2.05, 4.69) is 36.7 Å². The van der Waals surface area contributed by atoms with Crippen molar-refractivity contribution in [2.75, 3.05) is 0 Å². The molecule has 0 unspecified atom stereocenters. The van der Waals surface area contributed by atoms with Crippen LogP contribution in [0.1, 0.15) is 20.7 Å². The predicted octanol–water partition coefficient (Wildman–Crippen LogP) is 4.13. The number of nitrogens with one attached hydrogen (secondary N) is 2. The molecule has 142 valence electrons. The van der Waals surface area contributed by atoms with Crippen LogP contribution in [0, 0.1) is 0 Å². The molecule has 0 bridgehead atoms. The van der Waals surface area contributed by atoms with E-state index in [0.717, 1.165) is 10.0 Å². The van der Waals surface area contributed by atoms with Gasteiger partial charge in [-0.3, -0.25) is 25.4 Å². The van der Waals surface area contributed by atoms with Crippen LogP contribution in [-0.4, -0.2) is 21.8 Å². The van der Waals surface area contributed by atoms with E-state index in [9.17, 15) is 9.59 Å². The maximum absolute atomic E-state index is 12.9. The van der Waals surface area contributed by atoms with Crippen molar-refractivity contribution >= 4 is 38.6 Å². The van der Waals surface area contributed by atoms with Crippen molar-refractivity contribution in [3.63, 3.8) is 0 Å². The number of hydrazine groups is 1. The fraction of sp³-hybridized carbons (Fsp3) is 0. The molecule has 0 fully saturated rings. The summed E-state index contributed by atoms with van der Waals surface area (Å²) in [4.78, 5) is 33.6. The number of rotatable bonds is 3. The van der Waals surface area contributed by atoms with Crippen molar-refractivity contribution in [3.8, 4) is 11.3 Å². The van der Waals surface area contributed by atoms with Crippen LogP contribution in [-0.2, 0) is 0 Å². The summed E-state index contributed by atoms with van der Waals surface area (Å²) in [7, 11) is 0. The van der Waals surface area contributed by atoms with Gasteiger partial charge in [0.15, 0.2) is 0 Å². The molecule has 0 saturated heterocycles. The molecular formula is C22H15BrN4O2. The molecule has 0 radical (unpaired) electrons. The van der Waals surface area contributed by atoms with E-state index >= 15 is 0 Å². The fourth-order valence-corrected chi connectivity index (χ4v) is 3.15. The second-order valence-corrected chi connectivity index (χ2v) is 7.14. The molecule has 4 aromatic rings. The first-order chi connectivity index (χ1) is 14.1. The van der Waals surface area contributed by atoms with E-state index < -0.39 is 11.8 Å². The molecule has 6 nitrogen and oxygen atoms in total. The quantitative estimate of drug-likeness (QED) is 0.463. The number of nitrogens with zero attached hydrogens (tertiary/aromatic N) is 2. The molecule has 0 aliphatic heterocycles. The van der Waals surface area contributed by atoms with Gasteiger partial charge in [-0.05, 0) is 36.4 Å². The second-order valence-electron chi connectivity index (χ2n) is 6.22. The van der Waals surface area contributed by atoms with Gasteiger partial charge in [0.25, 0.3) is 11.8 Å². The van der Waals surface area contributed by atoms with Crippen LogP contribution in [0.4, 0.5) is 0 Å². The predicted molar refractivity (Wildman–Crippen MR) is 114 cm³/mol. The van der Waals surface area contributed by atoms with Gasteiger partial charge in [0.2, 0.25) is 0 Å². The van der Waals surface area contributed by atoms with Crippen LogP contribution in [0.15, 0.2) is 83.6 Å². The first kappa shape index (κ1) is 18.8. The Bertz CT molecular complexity index is 1190. The van der Waals surface area contributed by atoms with E-state index in [4.69, 9.17) is 0 Å². The topological polar surface area (TPSA) is 84.0 Å². The average molecular weight is 447 g/mol. The molecule has 2 aromatic carbocycles. The van der Waals surface area contributed by atoms with Gasteiger partial charge in [-0.1, -0.05) is 46.3 Å². The highest BCUT2D eigenvalue weighted by Crippen LogP contribution is 2.26. The highest BCUT2D eigenvalue weighted by Gasteiger charge is 2.15.